The number of aromatic nitrogens is 2. The van der Waals surface area contributed by atoms with Crippen LogP contribution in [0.1, 0.15) is 17.8 Å². The van der Waals surface area contributed by atoms with Gasteiger partial charge in [0.1, 0.15) is 6.54 Å². The highest BCUT2D eigenvalue weighted by atomic mass is 35.5. The molecule has 1 aromatic rings. The van der Waals surface area contributed by atoms with Gasteiger partial charge in [-0.3, -0.25) is 14.3 Å². The van der Waals surface area contributed by atoms with Crippen molar-refractivity contribution in [3.05, 3.63) is 16.4 Å². The molecular formula is C12H16ClN3O3. The fourth-order valence-corrected chi connectivity index (χ4v) is 2.38. The topological polar surface area (TPSA) is 75.4 Å². The van der Waals surface area contributed by atoms with E-state index in [1.807, 2.05) is 0 Å². The normalized spacial score (nSPS) is 18.9. The van der Waals surface area contributed by atoms with Gasteiger partial charge in [-0.2, -0.15) is 5.10 Å². The monoisotopic (exact) mass is 285 g/mol. The summed E-state index contributed by atoms with van der Waals surface area (Å²) in [4.78, 5) is 24.5. The van der Waals surface area contributed by atoms with Crippen molar-refractivity contribution in [3.8, 4) is 0 Å². The summed E-state index contributed by atoms with van der Waals surface area (Å²) >= 11 is 6.02. The molecule has 1 atom stereocenters. The average molecular weight is 286 g/mol. The number of amides is 1. The van der Waals surface area contributed by atoms with Crippen LogP contribution < -0.4 is 0 Å². The highest BCUT2D eigenvalue weighted by Gasteiger charge is 2.31. The lowest BCUT2D eigenvalue weighted by atomic mass is 10.1. The first-order valence-electron chi connectivity index (χ1n) is 6.10. The first-order valence-corrected chi connectivity index (χ1v) is 6.48. The van der Waals surface area contributed by atoms with Gasteiger partial charge in [-0.25, -0.2) is 0 Å². The van der Waals surface area contributed by atoms with E-state index in [0.717, 1.165) is 5.69 Å². The molecule has 1 amide bonds. The SMILES string of the molecule is Cc1nn(CC(=O)N2CC[C@@H](C(=O)O)C2)c(C)c1Cl. The van der Waals surface area contributed by atoms with Gasteiger partial charge in [-0.05, 0) is 20.3 Å². The van der Waals surface area contributed by atoms with Crippen LogP contribution in [0.15, 0.2) is 0 Å². The zero-order valence-corrected chi connectivity index (χ0v) is 11.6. The van der Waals surface area contributed by atoms with E-state index in [4.69, 9.17) is 16.7 Å². The van der Waals surface area contributed by atoms with Crippen LogP contribution in [0.5, 0.6) is 0 Å². The molecule has 1 aromatic heterocycles. The summed E-state index contributed by atoms with van der Waals surface area (Å²) in [6, 6.07) is 0. The van der Waals surface area contributed by atoms with E-state index < -0.39 is 11.9 Å². The van der Waals surface area contributed by atoms with Crippen LogP contribution in [-0.2, 0) is 16.1 Å². The fourth-order valence-electron chi connectivity index (χ4n) is 2.25. The molecule has 6 nitrogen and oxygen atoms in total. The second-order valence-electron chi connectivity index (χ2n) is 4.81. The van der Waals surface area contributed by atoms with Crippen LogP contribution in [0.25, 0.3) is 0 Å². The van der Waals surface area contributed by atoms with E-state index in [1.54, 1.807) is 23.4 Å². The fraction of sp³-hybridized carbons (Fsp3) is 0.583. The highest BCUT2D eigenvalue weighted by Crippen LogP contribution is 2.20. The van der Waals surface area contributed by atoms with Crippen LogP contribution in [0, 0.1) is 19.8 Å². The van der Waals surface area contributed by atoms with Crippen molar-refractivity contribution in [1.29, 1.82) is 0 Å². The predicted molar refractivity (Wildman–Crippen MR) is 69.0 cm³/mol. The number of aliphatic carboxylic acids is 1. The minimum absolute atomic E-state index is 0.103. The molecule has 104 valence electrons. The first-order chi connectivity index (χ1) is 8.90. The first kappa shape index (κ1) is 13.9. The summed E-state index contributed by atoms with van der Waals surface area (Å²) < 4.78 is 1.56. The van der Waals surface area contributed by atoms with Gasteiger partial charge in [0.25, 0.3) is 0 Å². The quantitative estimate of drug-likeness (QED) is 0.902. The Morgan fingerprint density at radius 1 is 1.47 bits per heavy atom. The van der Waals surface area contributed by atoms with Gasteiger partial charge < -0.3 is 10.0 Å². The summed E-state index contributed by atoms with van der Waals surface area (Å²) in [5, 5.41) is 13.7. The minimum Gasteiger partial charge on any atom is -0.481 e. The molecule has 7 heteroatoms. The number of halogens is 1. The molecule has 0 spiro atoms. The maximum Gasteiger partial charge on any atom is 0.308 e. The number of rotatable bonds is 3. The van der Waals surface area contributed by atoms with Crippen LogP contribution in [-0.4, -0.2) is 44.8 Å². The van der Waals surface area contributed by atoms with Gasteiger partial charge in [0.15, 0.2) is 0 Å². The van der Waals surface area contributed by atoms with Gasteiger partial charge in [0, 0.05) is 13.1 Å². The third-order valence-corrected chi connectivity index (χ3v) is 4.02. The number of carbonyl (C=O) groups excluding carboxylic acids is 1. The molecule has 2 rings (SSSR count). The van der Waals surface area contributed by atoms with E-state index in [0.29, 0.717) is 23.7 Å². The number of hydrogen-bond acceptors (Lipinski definition) is 3. The Hall–Kier alpha value is -1.56. The Morgan fingerprint density at radius 2 is 2.16 bits per heavy atom. The lowest BCUT2D eigenvalue weighted by Gasteiger charge is -2.16. The number of nitrogens with zero attached hydrogens (tertiary/aromatic N) is 3. The largest absolute Gasteiger partial charge is 0.481 e. The Balaban J connectivity index is 2.02. The van der Waals surface area contributed by atoms with E-state index in [9.17, 15) is 9.59 Å². The molecule has 0 aromatic carbocycles. The molecule has 0 radical (unpaired) electrons. The lowest BCUT2D eigenvalue weighted by molar-refractivity contribution is -0.141. The van der Waals surface area contributed by atoms with Crippen LogP contribution >= 0.6 is 11.6 Å². The van der Waals surface area contributed by atoms with Crippen molar-refractivity contribution in [2.75, 3.05) is 13.1 Å². The zero-order valence-electron chi connectivity index (χ0n) is 10.9. The Labute approximate surface area is 115 Å². The standard InChI is InChI=1S/C12H16ClN3O3/c1-7-11(13)8(2)16(14-7)6-10(17)15-4-3-9(5-15)12(18)19/h9H,3-6H2,1-2H3,(H,18,19)/t9-/m1/s1. The van der Waals surface area contributed by atoms with Gasteiger partial charge in [0.2, 0.25) is 5.91 Å². The third-order valence-electron chi connectivity index (χ3n) is 3.47. The molecule has 19 heavy (non-hydrogen) atoms. The molecule has 1 aliphatic rings. The maximum atomic E-state index is 12.1. The van der Waals surface area contributed by atoms with E-state index >= 15 is 0 Å². The number of likely N-dealkylation sites (tertiary alicyclic amines) is 1. The highest BCUT2D eigenvalue weighted by molar-refractivity contribution is 6.31. The second-order valence-corrected chi connectivity index (χ2v) is 5.18. The molecule has 1 saturated heterocycles. The maximum absolute atomic E-state index is 12.1. The van der Waals surface area contributed by atoms with Gasteiger partial charge in [0.05, 0.1) is 22.3 Å². The van der Waals surface area contributed by atoms with Crippen molar-refractivity contribution in [2.45, 2.75) is 26.8 Å². The third kappa shape index (κ3) is 2.73. The number of carbonyl (C=O) groups is 2. The number of aryl methyl sites for hydroxylation is 1. The van der Waals surface area contributed by atoms with E-state index in [2.05, 4.69) is 5.10 Å². The van der Waals surface area contributed by atoms with E-state index in [1.165, 1.54) is 0 Å². The number of hydrogen-bond donors (Lipinski definition) is 1. The van der Waals surface area contributed by atoms with Crippen LogP contribution in [0.2, 0.25) is 5.02 Å². The molecule has 1 aliphatic heterocycles. The average Bonchev–Trinajstić information content (AvgIpc) is 2.92. The molecule has 1 fully saturated rings. The predicted octanol–water partition coefficient (Wildman–Crippen LogP) is 1.09. The van der Waals surface area contributed by atoms with Crippen molar-refractivity contribution in [1.82, 2.24) is 14.7 Å². The summed E-state index contributed by atoms with van der Waals surface area (Å²) in [5.74, 6) is -1.41. The molecule has 1 N–H and O–H groups in total. The minimum atomic E-state index is -0.843. The van der Waals surface area contributed by atoms with Gasteiger partial charge in [-0.1, -0.05) is 11.6 Å². The summed E-state index contributed by atoms with van der Waals surface area (Å²) in [5.41, 5.74) is 1.44. The second kappa shape index (κ2) is 5.21. The summed E-state index contributed by atoms with van der Waals surface area (Å²) in [6.45, 7) is 4.46. The number of carboxylic acid groups (broad SMARTS) is 1. The Kier molecular flexibility index (Phi) is 3.80. The van der Waals surface area contributed by atoms with Crippen molar-refractivity contribution >= 4 is 23.5 Å². The van der Waals surface area contributed by atoms with Crippen LogP contribution in [0.3, 0.4) is 0 Å². The molecule has 0 saturated carbocycles. The van der Waals surface area contributed by atoms with E-state index in [-0.39, 0.29) is 19.0 Å². The van der Waals surface area contributed by atoms with Gasteiger partial charge in [-0.15, -0.1) is 0 Å². The molecule has 0 bridgehead atoms. The van der Waals surface area contributed by atoms with Crippen LogP contribution in [0.4, 0.5) is 0 Å². The smallest absolute Gasteiger partial charge is 0.308 e. The van der Waals surface area contributed by atoms with Crippen molar-refractivity contribution in [3.63, 3.8) is 0 Å². The Bertz CT molecular complexity index is 527. The number of carboxylic acids is 1. The zero-order chi connectivity index (χ0) is 14.2. The van der Waals surface area contributed by atoms with Crippen molar-refractivity contribution < 1.29 is 14.7 Å². The molecule has 0 aliphatic carbocycles. The Morgan fingerprint density at radius 3 is 2.63 bits per heavy atom. The molecule has 0 unspecified atom stereocenters. The summed E-state index contributed by atoms with van der Waals surface area (Å²) in [7, 11) is 0. The molecular weight excluding hydrogens is 270 g/mol. The molecule has 2 heterocycles. The lowest BCUT2D eigenvalue weighted by Crippen LogP contribution is -2.33. The van der Waals surface area contributed by atoms with Gasteiger partial charge >= 0.3 is 5.97 Å². The summed E-state index contributed by atoms with van der Waals surface area (Å²) in [6.07, 6.45) is 0.513. The van der Waals surface area contributed by atoms with Crippen molar-refractivity contribution in [2.24, 2.45) is 5.92 Å².